The van der Waals surface area contributed by atoms with Crippen molar-refractivity contribution < 1.29 is 23.5 Å². The maximum absolute atomic E-state index is 14.7. The molecule has 3 amide bonds. The van der Waals surface area contributed by atoms with E-state index in [4.69, 9.17) is 4.74 Å². The third-order valence-electron chi connectivity index (χ3n) is 8.21. The number of benzene rings is 2. The van der Waals surface area contributed by atoms with Crippen molar-refractivity contribution in [2.45, 2.75) is 69.9 Å². The van der Waals surface area contributed by atoms with Crippen molar-refractivity contribution in [3.05, 3.63) is 71.3 Å². The number of halogens is 1. The van der Waals surface area contributed by atoms with Crippen LogP contribution in [0.2, 0.25) is 0 Å². The van der Waals surface area contributed by atoms with Gasteiger partial charge in [0.1, 0.15) is 12.2 Å². The quantitative estimate of drug-likeness (QED) is 0.630. The highest BCUT2D eigenvalue weighted by atomic mass is 19.1. The maximum Gasteiger partial charge on any atom is 0.243 e. The van der Waals surface area contributed by atoms with Crippen LogP contribution in [0.1, 0.15) is 62.3 Å². The first-order chi connectivity index (χ1) is 18.2. The summed E-state index contributed by atoms with van der Waals surface area (Å²) < 4.78 is 20.6. The number of carbonyl (C=O) groups is 3. The first kappa shape index (κ1) is 26.4. The van der Waals surface area contributed by atoms with E-state index in [1.165, 1.54) is 17.4 Å². The molecule has 1 N–H and O–H groups in total. The summed E-state index contributed by atoms with van der Waals surface area (Å²) >= 11 is 0. The van der Waals surface area contributed by atoms with Crippen LogP contribution < -0.4 is 5.32 Å². The van der Waals surface area contributed by atoms with Crippen molar-refractivity contribution in [1.29, 1.82) is 0 Å². The van der Waals surface area contributed by atoms with E-state index in [9.17, 15) is 18.8 Å². The maximum atomic E-state index is 14.7. The highest BCUT2D eigenvalue weighted by Crippen LogP contribution is 2.36. The minimum Gasteiger partial charge on any atom is -0.375 e. The average molecular weight is 522 g/mol. The minimum absolute atomic E-state index is 0.0521. The van der Waals surface area contributed by atoms with Crippen LogP contribution in [0.3, 0.4) is 0 Å². The van der Waals surface area contributed by atoms with Gasteiger partial charge in [0, 0.05) is 26.5 Å². The number of nitrogens with zero attached hydrogens (tertiary/aromatic N) is 2. The zero-order valence-electron chi connectivity index (χ0n) is 22.2. The zero-order chi connectivity index (χ0) is 27.0. The van der Waals surface area contributed by atoms with E-state index in [1.54, 1.807) is 4.90 Å². The molecule has 3 aliphatic heterocycles. The molecule has 2 aromatic rings. The SMILES string of the molecule is CC(=O)N1C[C@H](C(=O)N2C[C@H](F)C[C@H]2C(=O)N[C@@H](c2ccccc2)c2ccc(C(C)C)cc2)[C@H]2OCC[C@H]21. The highest BCUT2D eigenvalue weighted by Gasteiger charge is 2.53. The number of hydrogen-bond donors (Lipinski definition) is 1. The van der Waals surface area contributed by atoms with Crippen molar-refractivity contribution in [2.75, 3.05) is 19.7 Å². The first-order valence-corrected chi connectivity index (χ1v) is 13.5. The molecular weight excluding hydrogens is 485 g/mol. The molecule has 3 saturated heterocycles. The molecule has 8 heteroatoms. The summed E-state index contributed by atoms with van der Waals surface area (Å²) in [5.41, 5.74) is 3.01. The van der Waals surface area contributed by atoms with Crippen molar-refractivity contribution in [3.8, 4) is 0 Å². The van der Waals surface area contributed by atoms with Gasteiger partial charge >= 0.3 is 0 Å². The molecule has 0 aliphatic carbocycles. The van der Waals surface area contributed by atoms with Crippen molar-refractivity contribution in [2.24, 2.45) is 5.92 Å². The van der Waals surface area contributed by atoms with Crippen LogP contribution >= 0.6 is 0 Å². The molecule has 6 atom stereocenters. The zero-order valence-corrected chi connectivity index (χ0v) is 22.2. The first-order valence-electron chi connectivity index (χ1n) is 13.5. The van der Waals surface area contributed by atoms with Crippen molar-refractivity contribution in [3.63, 3.8) is 0 Å². The summed E-state index contributed by atoms with van der Waals surface area (Å²) in [6.07, 6.45) is -1.08. The number of ether oxygens (including phenoxy) is 1. The molecule has 3 fully saturated rings. The largest absolute Gasteiger partial charge is 0.375 e. The van der Waals surface area contributed by atoms with Crippen LogP contribution in [0.5, 0.6) is 0 Å². The summed E-state index contributed by atoms with van der Waals surface area (Å²) in [6, 6.07) is 16.3. The smallest absolute Gasteiger partial charge is 0.243 e. The Morgan fingerprint density at radius 3 is 2.26 bits per heavy atom. The molecule has 38 heavy (non-hydrogen) atoms. The molecule has 0 bridgehead atoms. The van der Waals surface area contributed by atoms with Gasteiger partial charge in [0.15, 0.2) is 0 Å². The van der Waals surface area contributed by atoms with Gasteiger partial charge < -0.3 is 19.9 Å². The van der Waals surface area contributed by atoms with E-state index in [2.05, 4.69) is 31.3 Å². The Bertz CT molecular complexity index is 1170. The standard InChI is InChI=1S/C30H36FN3O4/c1-18(2)20-9-11-22(12-10-20)27(21-7-5-4-6-8-21)32-29(36)26-15-23(31)16-34(26)30(37)24-17-33(19(3)35)25-13-14-38-28(24)25/h4-12,18,23-28H,13-17H2,1-3H3,(H,32,36)/t23-,24+,25-,26+,27+,28-/m1/s1. The third-order valence-corrected chi connectivity index (χ3v) is 8.21. The van der Waals surface area contributed by atoms with Gasteiger partial charge in [-0.1, -0.05) is 68.4 Å². The molecule has 3 heterocycles. The van der Waals surface area contributed by atoms with E-state index in [-0.39, 0.29) is 43.3 Å². The highest BCUT2D eigenvalue weighted by molar-refractivity contribution is 5.90. The number of rotatable bonds is 6. The second kappa shape index (κ2) is 10.8. The summed E-state index contributed by atoms with van der Waals surface area (Å²) in [4.78, 5) is 42.6. The Labute approximate surface area is 223 Å². The molecule has 0 aromatic heterocycles. The summed E-state index contributed by atoms with van der Waals surface area (Å²) in [5.74, 6) is -1.02. The number of alkyl halides is 1. The second-order valence-electron chi connectivity index (χ2n) is 11.0. The van der Waals surface area contributed by atoms with Crippen LogP contribution in [-0.2, 0) is 19.1 Å². The van der Waals surface area contributed by atoms with Gasteiger partial charge in [-0.2, -0.15) is 0 Å². The van der Waals surface area contributed by atoms with E-state index in [1.807, 2.05) is 42.5 Å². The lowest BCUT2D eigenvalue weighted by atomic mass is 9.95. The van der Waals surface area contributed by atoms with E-state index >= 15 is 0 Å². The Morgan fingerprint density at radius 1 is 0.947 bits per heavy atom. The molecule has 202 valence electrons. The average Bonchev–Trinajstić information content (AvgIpc) is 3.62. The normalized spacial score (nSPS) is 27.4. The van der Waals surface area contributed by atoms with Gasteiger partial charge in [-0.3, -0.25) is 14.4 Å². The number of fused-ring (bicyclic) bond motifs is 1. The molecule has 0 saturated carbocycles. The summed E-state index contributed by atoms with van der Waals surface area (Å²) in [5, 5.41) is 3.11. The molecule has 2 aromatic carbocycles. The monoisotopic (exact) mass is 521 g/mol. The van der Waals surface area contributed by atoms with Crippen molar-refractivity contribution in [1.82, 2.24) is 15.1 Å². The van der Waals surface area contributed by atoms with Gasteiger partial charge in [0.25, 0.3) is 0 Å². The predicted octanol–water partition coefficient (Wildman–Crippen LogP) is 3.59. The van der Waals surface area contributed by atoms with Crippen LogP contribution in [0.25, 0.3) is 0 Å². The number of likely N-dealkylation sites (tertiary alicyclic amines) is 2. The molecule has 0 spiro atoms. The Kier molecular flexibility index (Phi) is 7.52. The molecule has 0 radical (unpaired) electrons. The van der Waals surface area contributed by atoms with Gasteiger partial charge in [-0.05, 0) is 29.0 Å². The third kappa shape index (κ3) is 5.06. The van der Waals surface area contributed by atoms with Crippen molar-refractivity contribution >= 4 is 17.7 Å². The van der Waals surface area contributed by atoms with Crippen LogP contribution in [-0.4, -0.2) is 71.6 Å². The number of nitrogens with one attached hydrogen (secondary N) is 1. The van der Waals surface area contributed by atoms with Gasteiger partial charge in [-0.15, -0.1) is 0 Å². The van der Waals surface area contributed by atoms with E-state index in [0.717, 1.165) is 11.1 Å². The Balaban J connectivity index is 1.37. The van der Waals surface area contributed by atoms with Crippen LogP contribution in [0.4, 0.5) is 4.39 Å². The van der Waals surface area contributed by atoms with E-state index in [0.29, 0.717) is 18.9 Å². The minimum atomic E-state index is -1.29. The predicted molar refractivity (Wildman–Crippen MR) is 141 cm³/mol. The second-order valence-corrected chi connectivity index (χ2v) is 11.0. The molecule has 3 aliphatic rings. The lowest BCUT2D eigenvalue weighted by molar-refractivity contribution is -0.144. The van der Waals surface area contributed by atoms with Gasteiger partial charge in [0.2, 0.25) is 17.7 Å². The molecule has 5 rings (SSSR count). The lowest BCUT2D eigenvalue weighted by Crippen LogP contribution is -2.50. The summed E-state index contributed by atoms with van der Waals surface area (Å²) in [6.45, 7) is 6.33. The number of hydrogen-bond acceptors (Lipinski definition) is 4. The fourth-order valence-electron chi connectivity index (χ4n) is 6.16. The molecule has 0 unspecified atom stereocenters. The molecule has 7 nitrogen and oxygen atoms in total. The Hall–Kier alpha value is -3.26. The van der Waals surface area contributed by atoms with E-state index < -0.39 is 30.3 Å². The fraction of sp³-hybridized carbons (Fsp3) is 0.500. The fourth-order valence-corrected chi connectivity index (χ4v) is 6.16. The van der Waals surface area contributed by atoms with Crippen LogP contribution in [0.15, 0.2) is 54.6 Å². The van der Waals surface area contributed by atoms with Crippen LogP contribution in [0, 0.1) is 5.92 Å². The van der Waals surface area contributed by atoms with Gasteiger partial charge in [-0.25, -0.2) is 4.39 Å². The topological polar surface area (TPSA) is 79.0 Å². The summed E-state index contributed by atoms with van der Waals surface area (Å²) in [7, 11) is 0. The molecular formula is C30H36FN3O4. The Morgan fingerprint density at radius 2 is 1.61 bits per heavy atom. The number of carbonyl (C=O) groups excluding carboxylic acids is 3. The number of amides is 3. The lowest BCUT2D eigenvalue weighted by Gasteiger charge is -2.29. The van der Waals surface area contributed by atoms with Gasteiger partial charge in [0.05, 0.1) is 30.7 Å².